The van der Waals surface area contributed by atoms with Gasteiger partial charge in [0.05, 0.1) is 40.7 Å². The maximum absolute atomic E-state index is 13.3. The molecule has 1 unspecified atom stereocenters. The summed E-state index contributed by atoms with van der Waals surface area (Å²) in [6, 6.07) is 10.6. The molecule has 1 aliphatic carbocycles. The van der Waals surface area contributed by atoms with Gasteiger partial charge in [0.1, 0.15) is 41.2 Å². The van der Waals surface area contributed by atoms with E-state index in [1.165, 1.54) is 6.20 Å². The predicted molar refractivity (Wildman–Crippen MR) is 213 cm³/mol. The Hall–Kier alpha value is -5.59. The van der Waals surface area contributed by atoms with Crippen molar-refractivity contribution in [1.29, 1.82) is 5.26 Å². The van der Waals surface area contributed by atoms with E-state index in [9.17, 15) is 29.2 Å². The first kappa shape index (κ1) is 40.6. The van der Waals surface area contributed by atoms with Crippen molar-refractivity contribution in [3.63, 3.8) is 0 Å². The third kappa shape index (κ3) is 7.95. The van der Waals surface area contributed by atoms with Crippen LogP contribution in [0.25, 0.3) is 0 Å². The Morgan fingerprint density at radius 1 is 0.931 bits per heavy atom. The van der Waals surface area contributed by atoms with Gasteiger partial charge in [-0.3, -0.25) is 39.1 Å². The molecule has 0 bridgehead atoms. The molecule has 3 aliphatic heterocycles. The van der Waals surface area contributed by atoms with E-state index in [-0.39, 0.29) is 47.7 Å². The number of carbonyl (C=O) groups excluding carboxylic acids is 5. The molecule has 3 fully saturated rings. The molecule has 5 amide bonds. The number of unbranched alkanes of at least 4 members (excludes halogenated alkanes) is 2. The van der Waals surface area contributed by atoms with Crippen molar-refractivity contribution >= 4 is 47.0 Å². The lowest BCUT2D eigenvalue weighted by atomic mass is 9.49. The number of nitrogens with zero attached hydrogens (tertiary/aromatic N) is 6. The number of halogens is 1. The lowest BCUT2D eigenvalue weighted by Crippen LogP contribution is -2.74. The number of fused-ring (bicyclic) bond motifs is 1. The van der Waals surface area contributed by atoms with Crippen molar-refractivity contribution in [2.75, 3.05) is 44.2 Å². The molecule has 2 aromatic carbocycles. The minimum absolute atomic E-state index is 0.0700. The van der Waals surface area contributed by atoms with Gasteiger partial charge < -0.3 is 19.7 Å². The lowest BCUT2D eigenvalue weighted by molar-refractivity contribution is -0.164. The summed E-state index contributed by atoms with van der Waals surface area (Å²) in [7, 11) is 0. The molecule has 4 heterocycles. The number of hydrogen-bond acceptors (Lipinski definition) is 12. The first-order chi connectivity index (χ1) is 27.7. The molecular weight excluding hydrogens is 764 g/mol. The van der Waals surface area contributed by atoms with Gasteiger partial charge >= 0.3 is 0 Å². The molecule has 2 N–H and O–H groups in total. The number of nitrogens with one attached hydrogen (secondary N) is 2. The number of amides is 5. The molecule has 16 heteroatoms. The number of anilines is 1. The second-order valence-electron chi connectivity index (χ2n) is 16.5. The van der Waals surface area contributed by atoms with Gasteiger partial charge in [0, 0.05) is 55.5 Å². The number of aromatic nitrogens is 2. The summed E-state index contributed by atoms with van der Waals surface area (Å²) in [5.74, 6) is -0.655. The molecule has 58 heavy (non-hydrogen) atoms. The number of nitriles is 1. The normalized spacial score (nSPS) is 22.4. The quantitative estimate of drug-likeness (QED) is 0.184. The highest BCUT2D eigenvalue weighted by atomic mass is 35.5. The average Bonchev–Trinajstić information content (AvgIpc) is 3.45. The fourth-order valence-electron chi connectivity index (χ4n) is 8.95. The van der Waals surface area contributed by atoms with E-state index >= 15 is 0 Å². The third-order valence-corrected chi connectivity index (χ3v) is 12.1. The van der Waals surface area contributed by atoms with Crippen LogP contribution < -0.4 is 25.0 Å². The fraction of sp³-hybridized carbons (Fsp3) is 0.476. The van der Waals surface area contributed by atoms with Crippen molar-refractivity contribution in [2.24, 2.45) is 10.8 Å². The summed E-state index contributed by atoms with van der Waals surface area (Å²) in [6.45, 7) is 13.0. The minimum atomic E-state index is -1.00. The monoisotopic (exact) mass is 810 g/mol. The Morgan fingerprint density at radius 3 is 2.33 bits per heavy atom. The van der Waals surface area contributed by atoms with Gasteiger partial charge in [0.2, 0.25) is 11.8 Å². The Morgan fingerprint density at radius 2 is 1.66 bits per heavy atom. The van der Waals surface area contributed by atoms with Gasteiger partial charge in [-0.2, -0.15) is 5.26 Å². The van der Waals surface area contributed by atoms with Gasteiger partial charge in [-0.15, -0.1) is 0 Å². The van der Waals surface area contributed by atoms with Crippen LogP contribution in [-0.4, -0.2) is 107 Å². The van der Waals surface area contributed by atoms with E-state index in [2.05, 4.69) is 64.2 Å². The maximum atomic E-state index is 13.3. The molecule has 0 spiro atoms. The molecular formula is C42H47ClN8O7. The second-order valence-corrected chi connectivity index (χ2v) is 16.9. The number of piperidine rings is 1. The number of rotatable bonds is 13. The lowest BCUT2D eigenvalue weighted by Gasteiger charge is -2.63. The van der Waals surface area contributed by atoms with Crippen molar-refractivity contribution < 1.29 is 33.4 Å². The van der Waals surface area contributed by atoms with E-state index in [1.54, 1.807) is 42.6 Å². The zero-order valence-corrected chi connectivity index (χ0v) is 33.8. The van der Waals surface area contributed by atoms with Crippen LogP contribution in [0.5, 0.6) is 11.5 Å². The van der Waals surface area contributed by atoms with Crippen molar-refractivity contribution in [3.8, 4) is 17.6 Å². The van der Waals surface area contributed by atoms with Crippen LogP contribution in [0.1, 0.15) is 96.6 Å². The summed E-state index contributed by atoms with van der Waals surface area (Å²) in [4.78, 5) is 77.8. The van der Waals surface area contributed by atoms with Gasteiger partial charge in [0.15, 0.2) is 0 Å². The van der Waals surface area contributed by atoms with Crippen LogP contribution in [0.3, 0.4) is 0 Å². The molecule has 15 nitrogen and oxygen atoms in total. The van der Waals surface area contributed by atoms with Gasteiger partial charge in [-0.1, -0.05) is 39.3 Å². The van der Waals surface area contributed by atoms with Gasteiger partial charge in [0.25, 0.3) is 17.7 Å². The number of carbonyl (C=O) groups is 5. The van der Waals surface area contributed by atoms with E-state index in [0.29, 0.717) is 28.7 Å². The van der Waals surface area contributed by atoms with Crippen LogP contribution in [0, 0.1) is 22.2 Å². The highest BCUT2D eigenvalue weighted by molar-refractivity contribution is 6.31. The molecule has 0 radical (unpaired) electrons. The zero-order chi connectivity index (χ0) is 41.4. The molecule has 1 aromatic heterocycles. The standard InChI is InChI=1S/C42H47ClN8O7/c1-41(2)39(42(3,4)40(41)58-27-9-8-25(22-44)30(43)21-27)48-35(53)31-23-46-33(24-45-31)50-17-15-49(16-18-50)14-6-5-7-19-57-26-10-11-28-29(20-26)38(56)51(37(28)55)32-12-13-34(52)47-36(32)54/h8-11,20-21,23-24,32,39-40H,5-7,12-19H2,1-4H3,(H,48,53)(H,47,52,54). The fourth-order valence-corrected chi connectivity index (χ4v) is 9.16. The van der Waals surface area contributed by atoms with Crippen molar-refractivity contribution in [1.82, 2.24) is 30.4 Å². The van der Waals surface area contributed by atoms with Gasteiger partial charge in [-0.25, -0.2) is 9.97 Å². The summed E-state index contributed by atoms with van der Waals surface area (Å²) >= 11 is 6.23. The predicted octanol–water partition coefficient (Wildman–Crippen LogP) is 4.39. The average molecular weight is 811 g/mol. The molecule has 2 saturated heterocycles. The van der Waals surface area contributed by atoms with Crippen LogP contribution in [0.2, 0.25) is 5.02 Å². The van der Waals surface area contributed by atoms with Crippen molar-refractivity contribution in [2.45, 2.75) is 78.0 Å². The second kappa shape index (κ2) is 16.3. The number of ether oxygens (including phenoxy) is 2. The zero-order valence-electron chi connectivity index (χ0n) is 33.0. The highest BCUT2D eigenvalue weighted by Gasteiger charge is 2.64. The van der Waals surface area contributed by atoms with Crippen LogP contribution in [0.15, 0.2) is 48.8 Å². The molecule has 1 saturated carbocycles. The highest BCUT2D eigenvalue weighted by Crippen LogP contribution is 2.55. The van der Waals surface area contributed by atoms with Crippen LogP contribution in [-0.2, 0) is 9.59 Å². The molecule has 4 aliphatic rings. The van der Waals surface area contributed by atoms with E-state index < -0.39 is 40.5 Å². The number of piperazine rings is 1. The van der Waals surface area contributed by atoms with Crippen LogP contribution >= 0.6 is 11.6 Å². The SMILES string of the molecule is CC1(C)C(NC(=O)c2cnc(N3CCN(CCCCCOc4ccc5c(c4)C(=O)N(C4CCC(=O)NC4=O)C5=O)CC3)cn2)C(C)(C)C1Oc1ccc(C#N)c(Cl)c1. The molecule has 7 rings (SSSR count). The van der Waals surface area contributed by atoms with Crippen LogP contribution in [0.4, 0.5) is 5.82 Å². The first-order valence-electron chi connectivity index (χ1n) is 19.6. The summed E-state index contributed by atoms with van der Waals surface area (Å²) < 4.78 is 12.2. The van der Waals surface area contributed by atoms with Gasteiger partial charge in [-0.05, 0) is 62.6 Å². The van der Waals surface area contributed by atoms with E-state index in [4.69, 9.17) is 21.1 Å². The number of benzene rings is 2. The smallest absolute Gasteiger partial charge is 0.271 e. The Balaban J connectivity index is 0.807. The van der Waals surface area contributed by atoms with E-state index in [0.717, 1.165) is 62.7 Å². The Kier molecular flexibility index (Phi) is 11.4. The van der Waals surface area contributed by atoms with E-state index in [1.807, 2.05) is 0 Å². The maximum Gasteiger partial charge on any atom is 0.271 e. The topological polar surface area (TPSA) is 187 Å². The molecule has 304 valence electrons. The number of hydrogen-bond donors (Lipinski definition) is 2. The first-order valence-corrected chi connectivity index (χ1v) is 20.0. The summed E-state index contributed by atoms with van der Waals surface area (Å²) in [5, 5.41) is 14.9. The third-order valence-electron chi connectivity index (χ3n) is 11.8. The largest absolute Gasteiger partial charge is 0.494 e. The summed E-state index contributed by atoms with van der Waals surface area (Å²) in [6.07, 6.45) is 5.92. The molecule has 1 atom stereocenters. The Bertz CT molecular complexity index is 2150. The molecule has 3 aromatic rings. The minimum Gasteiger partial charge on any atom is -0.494 e. The Labute approximate surface area is 342 Å². The summed E-state index contributed by atoms with van der Waals surface area (Å²) in [5.41, 5.74) is 0.253. The van der Waals surface area contributed by atoms with Crippen molar-refractivity contribution in [3.05, 3.63) is 76.2 Å². The number of imide groups is 2.